The van der Waals surface area contributed by atoms with Gasteiger partial charge in [0.05, 0.1) is 25.0 Å². The van der Waals surface area contributed by atoms with Gasteiger partial charge in [0, 0.05) is 12.2 Å². The van der Waals surface area contributed by atoms with Gasteiger partial charge in [-0.1, -0.05) is 12.1 Å². The van der Waals surface area contributed by atoms with Gasteiger partial charge in [-0.15, -0.1) is 0 Å². The second kappa shape index (κ2) is 6.07. The van der Waals surface area contributed by atoms with E-state index in [0.29, 0.717) is 24.0 Å². The van der Waals surface area contributed by atoms with Crippen molar-refractivity contribution in [2.45, 2.75) is 37.9 Å². The first-order chi connectivity index (χ1) is 8.72. The van der Waals surface area contributed by atoms with Crippen molar-refractivity contribution < 1.29 is 14.6 Å². The van der Waals surface area contributed by atoms with Crippen LogP contribution < -0.4 is 10.5 Å². The van der Waals surface area contributed by atoms with Gasteiger partial charge in [0.25, 0.3) is 0 Å². The SMILES string of the molecule is COc1cccc(C(O)CCC2CCCO2)c1N. The molecule has 1 heterocycles. The summed E-state index contributed by atoms with van der Waals surface area (Å²) in [5.41, 5.74) is 7.23. The zero-order valence-corrected chi connectivity index (χ0v) is 10.8. The molecule has 0 aliphatic carbocycles. The molecule has 3 N–H and O–H groups in total. The minimum absolute atomic E-state index is 0.298. The Balaban J connectivity index is 1.97. The molecular formula is C14H21NO3. The average molecular weight is 251 g/mol. The van der Waals surface area contributed by atoms with Crippen LogP contribution in [-0.4, -0.2) is 24.9 Å². The summed E-state index contributed by atoms with van der Waals surface area (Å²) >= 11 is 0. The standard InChI is InChI=1S/C14H21NO3/c1-17-13-6-2-5-11(14(13)15)12(16)8-7-10-4-3-9-18-10/h2,5-6,10,12,16H,3-4,7-9,15H2,1H3. The number of benzene rings is 1. The first-order valence-corrected chi connectivity index (χ1v) is 6.44. The smallest absolute Gasteiger partial charge is 0.142 e. The monoisotopic (exact) mass is 251 g/mol. The quantitative estimate of drug-likeness (QED) is 0.788. The van der Waals surface area contributed by atoms with Crippen molar-refractivity contribution in [1.82, 2.24) is 0 Å². The molecule has 0 saturated carbocycles. The summed E-state index contributed by atoms with van der Waals surface area (Å²) in [5.74, 6) is 0.615. The molecule has 0 amide bonds. The van der Waals surface area contributed by atoms with Crippen molar-refractivity contribution in [2.24, 2.45) is 0 Å². The molecule has 18 heavy (non-hydrogen) atoms. The zero-order valence-electron chi connectivity index (χ0n) is 10.8. The third-order valence-corrected chi connectivity index (χ3v) is 3.46. The minimum Gasteiger partial charge on any atom is -0.495 e. The normalized spacial score (nSPS) is 20.9. The van der Waals surface area contributed by atoms with Gasteiger partial charge in [0.15, 0.2) is 0 Å². The Labute approximate surface area is 108 Å². The van der Waals surface area contributed by atoms with Crippen LogP contribution >= 0.6 is 0 Å². The van der Waals surface area contributed by atoms with E-state index in [-0.39, 0.29) is 0 Å². The van der Waals surface area contributed by atoms with E-state index in [4.69, 9.17) is 15.2 Å². The minimum atomic E-state index is -0.552. The molecule has 1 aromatic rings. The first-order valence-electron chi connectivity index (χ1n) is 6.44. The van der Waals surface area contributed by atoms with E-state index < -0.39 is 6.10 Å². The van der Waals surface area contributed by atoms with Gasteiger partial charge in [-0.2, -0.15) is 0 Å². The number of nitrogen functional groups attached to an aromatic ring is 1. The Morgan fingerprint density at radius 2 is 2.39 bits per heavy atom. The number of rotatable bonds is 5. The Hall–Kier alpha value is -1.26. The van der Waals surface area contributed by atoms with Crippen LogP contribution in [0.1, 0.15) is 37.4 Å². The Kier molecular flexibility index (Phi) is 4.44. The number of ether oxygens (including phenoxy) is 2. The van der Waals surface area contributed by atoms with E-state index in [0.717, 1.165) is 31.4 Å². The molecule has 100 valence electrons. The van der Waals surface area contributed by atoms with Gasteiger partial charge in [0.2, 0.25) is 0 Å². The predicted octanol–water partition coefficient (Wildman–Crippen LogP) is 2.27. The van der Waals surface area contributed by atoms with Crippen LogP contribution in [0.5, 0.6) is 5.75 Å². The van der Waals surface area contributed by atoms with E-state index in [1.807, 2.05) is 12.1 Å². The lowest BCUT2D eigenvalue weighted by Gasteiger charge is -2.17. The maximum Gasteiger partial charge on any atom is 0.142 e. The predicted molar refractivity (Wildman–Crippen MR) is 70.6 cm³/mol. The number of hydrogen-bond donors (Lipinski definition) is 2. The van der Waals surface area contributed by atoms with Gasteiger partial charge in [-0.25, -0.2) is 0 Å². The van der Waals surface area contributed by atoms with Crippen LogP contribution in [-0.2, 0) is 4.74 Å². The van der Waals surface area contributed by atoms with Crippen LogP contribution in [0.15, 0.2) is 18.2 Å². The molecule has 1 fully saturated rings. The summed E-state index contributed by atoms with van der Waals surface area (Å²) < 4.78 is 10.7. The Morgan fingerprint density at radius 3 is 3.06 bits per heavy atom. The van der Waals surface area contributed by atoms with Gasteiger partial charge < -0.3 is 20.3 Å². The van der Waals surface area contributed by atoms with E-state index in [9.17, 15) is 5.11 Å². The molecular weight excluding hydrogens is 230 g/mol. The maximum atomic E-state index is 10.2. The lowest BCUT2D eigenvalue weighted by Crippen LogP contribution is -2.09. The number of aliphatic hydroxyl groups is 1. The highest BCUT2D eigenvalue weighted by molar-refractivity contribution is 5.59. The molecule has 0 aromatic heterocycles. The summed E-state index contributed by atoms with van der Waals surface area (Å²) in [6.45, 7) is 0.849. The number of anilines is 1. The van der Waals surface area contributed by atoms with Crippen LogP contribution in [0, 0.1) is 0 Å². The third kappa shape index (κ3) is 2.94. The number of hydrogen-bond acceptors (Lipinski definition) is 4. The Morgan fingerprint density at radius 1 is 1.56 bits per heavy atom. The van der Waals surface area contributed by atoms with Crippen molar-refractivity contribution in [1.29, 1.82) is 0 Å². The lowest BCUT2D eigenvalue weighted by molar-refractivity contribution is 0.0813. The van der Waals surface area contributed by atoms with E-state index >= 15 is 0 Å². The molecule has 2 unspecified atom stereocenters. The molecule has 1 saturated heterocycles. The van der Waals surface area contributed by atoms with Gasteiger partial charge >= 0.3 is 0 Å². The number of para-hydroxylation sites is 1. The fourth-order valence-electron chi connectivity index (χ4n) is 2.40. The van der Waals surface area contributed by atoms with Gasteiger partial charge in [-0.05, 0) is 31.7 Å². The second-order valence-corrected chi connectivity index (χ2v) is 4.69. The van der Waals surface area contributed by atoms with Crippen molar-refractivity contribution >= 4 is 5.69 Å². The highest BCUT2D eigenvalue weighted by Gasteiger charge is 2.19. The topological polar surface area (TPSA) is 64.7 Å². The fourth-order valence-corrected chi connectivity index (χ4v) is 2.40. The van der Waals surface area contributed by atoms with Crippen LogP contribution in [0.3, 0.4) is 0 Å². The fraction of sp³-hybridized carbons (Fsp3) is 0.571. The van der Waals surface area contributed by atoms with Crippen molar-refractivity contribution in [2.75, 3.05) is 19.5 Å². The van der Waals surface area contributed by atoms with Crippen molar-refractivity contribution in [3.8, 4) is 5.75 Å². The molecule has 1 aliphatic rings. The van der Waals surface area contributed by atoms with E-state index in [2.05, 4.69) is 0 Å². The average Bonchev–Trinajstić information content (AvgIpc) is 2.89. The third-order valence-electron chi connectivity index (χ3n) is 3.46. The highest BCUT2D eigenvalue weighted by atomic mass is 16.5. The van der Waals surface area contributed by atoms with Crippen molar-refractivity contribution in [3.63, 3.8) is 0 Å². The second-order valence-electron chi connectivity index (χ2n) is 4.69. The number of nitrogens with two attached hydrogens (primary N) is 1. The molecule has 0 spiro atoms. The molecule has 2 rings (SSSR count). The summed E-state index contributed by atoms with van der Waals surface area (Å²) in [6.07, 6.45) is 3.51. The molecule has 1 aliphatic heterocycles. The Bertz CT molecular complexity index is 389. The highest BCUT2D eigenvalue weighted by Crippen LogP contribution is 2.32. The van der Waals surface area contributed by atoms with Crippen LogP contribution in [0.25, 0.3) is 0 Å². The molecule has 0 radical (unpaired) electrons. The lowest BCUT2D eigenvalue weighted by atomic mass is 10.00. The van der Waals surface area contributed by atoms with E-state index in [1.165, 1.54) is 0 Å². The van der Waals surface area contributed by atoms with Gasteiger partial charge in [-0.3, -0.25) is 0 Å². The first kappa shape index (κ1) is 13.2. The number of methoxy groups -OCH3 is 1. The summed E-state index contributed by atoms with van der Waals surface area (Å²) in [6, 6.07) is 5.49. The van der Waals surface area contributed by atoms with Crippen LogP contribution in [0.4, 0.5) is 5.69 Å². The maximum absolute atomic E-state index is 10.2. The van der Waals surface area contributed by atoms with Crippen molar-refractivity contribution in [3.05, 3.63) is 23.8 Å². The molecule has 4 heteroatoms. The molecule has 0 bridgehead atoms. The largest absolute Gasteiger partial charge is 0.495 e. The molecule has 1 aromatic carbocycles. The zero-order chi connectivity index (χ0) is 13.0. The van der Waals surface area contributed by atoms with Crippen LogP contribution in [0.2, 0.25) is 0 Å². The van der Waals surface area contributed by atoms with Gasteiger partial charge in [0.1, 0.15) is 5.75 Å². The molecule has 4 nitrogen and oxygen atoms in total. The summed E-state index contributed by atoms with van der Waals surface area (Å²) in [4.78, 5) is 0. The van der Waals surface area contributed by atoms with E-state index in [1.54, 1.807) is 13.2 Å². The number of aliphatic hydroxyl groups excluding tert-OH is 1. The molecule has 2 atom stereocenters. The summed E-state index contributed by atoms with van der Waals surface area (Å²) in [7, 11) is 1.58. The summed E-state index contributed by atoms with van der Waals surface area (Å²) in [5, 5.41) is 10.2.